The molecular weight excluding hydrogens is 269 g/mol. The topological polar surface area (TPSA) is 33.0 Å². The lowest BCUT2D eigenvalue weighted by molar-refractivity contribution is 0.0956. The highest BCUT2D eigenvalue weighted by Crippen LogP contribution is 2.33. The monoisotopic (exact) mass is 283 g/mol. The molecule has 0 bridgehead atoms. The van der Waals surface area contributed by atoms with Crippen molar-refractivity contribution in [2.45, 2.75) is 32.3 Å². The largest absolute Gasteiger partial charge is 0.489 e. The summed E-state index contributed by atoms with van der Waals surface area (Å²) in [6, 6.07) is 7.55. The van der Waals surface area contributed by atoms with Gasteiger partial charge < -0.3 is 4.74 Å². The molecule has 1 aliphatic rings. The van der Waals surface area contributed by atoms with Gasteiger partial charge in [-0.2, -0.15) is 5.26 Å². The molecule has 2 rings (SSSR count). The lowest BCUT2D eigenvalue weighted by Crippen LogP contribution is -2.32. The smallest absolute Gasteiger partial charge is 0.121 e. The Labute approximate surface area is 117 Å². The highest BCUT2D eigenvalue weighted by molar-refractivity contribution is 6.42. The van der Waals surface area contributed by atoms with Gasteiger partial charge in [0.25, 0.3) is 0 Å². The van der Waals surface area contributed by atoms with Gasteiger partial charge in [-0.05, 0) is 37.3 Å². The van der Waals surface area contributed by atoms with Gasteiger partial charge in [0, 0.05) is 6.07 Å². The summed E-state index contributed by atoms with van der Waals surface area (Å²) in [7, 11) is 0. The number of nitrogens with zero attached hydrogens (tertiary/aromatic N) is 1. The molecule has 0 aromatic heterocycles. The molecular formula is C14H15Cl2NO. The lowest BCUT2D eigenvalue weighted by Gasteiger charge is -2.31. The molecule has 1 saturated carbocycles. The maximum absolute atomic E-state index is 9.15. The Morgan fingerprint density at radius 3 is 2.72 bits per heavy atom. The first-order chi connectivity index (χ1) is 8.60. The van der Waals surface area contributed by atoms with Crippen molar-refractivity contribution < 1.29 is 4.74 Å². The van der Waals surface area contributed by atoms with Crippen LogP contribution in [0.3, 0.4) is 0 Å². The maximum Gasteiger partial charge on any atom is 0.121 e. The van der Waals surface area contributed by atoms with Gasteiger partial charge in [0.05, 0.1) is 22.0 Å². The number of ether oxygens (including phenoxy) is 1. The second-order valence-electron chi connectivity index (χ2n) is 4.89. The van der Waals surface area contributed by atoms with E-state index in [-0.39, 0.29) is 12.0 Å². The number of rotatable bonds is 2. The third-order valence-corrected chi connectivity index (χ3v) is 4.14. The fourth-order valence-corrected chi connectivity index (χ4v) is 2.62. The Balaban J connectivity index is 2.11. The molecule has 18 heavy (non-hydrogen) atoms. The van der Waals surface area contributed by atoms with Gasteiger partial charge in [0.15, 0.2) is 0 Å². The number of hydrogen-bond acceptors (Lipinski definition) is 2. The molecule has 0 radical (unpaired) electrons. The summed E-state index contributed by atoms with van der Waals surface area (Å²) < 4.78 is 5.90. The van der Waals surface area contributed by atoms with E-state index < -0.39 is 0 Å². The molecule has 1 aromatic rings. The van der Waals surface area contributed by atoms with Crippen molar-refractivity contribution in [1.82, 2.24) is 0 Å². The fourth-order valence-electron chi connectivity index (χ4n) is 2.33. The first-order valence-electron chi connectivity index (χ1n) is 6.11. The molecule has 1 aliphatic carbocycles. The molecule has 4 heteroatoms. The van der Waals surface area contributed by atoms with Crippen LogP contribution < -0.4 is 4.74 Å². The summed E-state index contributed by atoms with van der Waals surface area (Å²) in [5, 5.41) is 10.1. The van der Waals surface area contributed by atoms with Gasteiger partial charge in [0.2, 0.25) is 0 Å². The highest BCUT2D eigenvalue weighted by Gasteiger charge is 2.30. The minimum atomic E-state index is -0.0454. The van der Waals surface area contributed by atoms with Gasteiger partial charge in [0.1, 0.15) is 11.9 Å². The summed E-state index contributed by atoms with van der Waals surface area (Å²) in [5.41, 5.74) is 0. The summed E-state index contributed by atoms with van der Waals surface area (Å²) >= 11 is 11.8. The van der Waals surface area contributed by atoms with Crippen LogP contribution in [0.1, 0.15) is 26.2 Å². The van der Waals surface area contributed by atoms with E-state index in [1.165, 1.54) is 0 Å². The van der Waals surface area contributed by atoms with E-state index in [0.29, 0.717) is 21.7 Å². The van der Waals surface area contributed by atoms with Crippen LogP contribution in [-0.4, -0.2) is 6.10 Å². The molecule has 0 N–H and O–H groups in total. The molecule has 2 nitrogen and oxygen atoms in total. The van der Waals surface area contributed by atoms with E-state index in [9.17, 15) is 0 Å². The summed E-state index contributed by atoms with van der Waals surface area (Å²) in [6.07, 6.45) is 2.87. The number of hydrogen-bond donors (Lipinski definition) is 0. The van der Waals surface area contributed by atoms with Crippen LogP contribution in [0, 0.1) is 23.2 Å². The molecule has 1 fully saturated rings. The van der Waals surface area contributed by atoms with Crippen LogP contribution in [0.4, 0.5) is 0 Å². The van der Waals surface area contributed by atoms with Crippen molar-refractivity contribution in [1.29, 1.82) is 5.26 Å². The molecule has 0 heterocycles. The van der Waals surface area contributed by atoms with Gasteiger partial charge >= 0.3 is 0 Å². The normalized spacial score (nSPS) is 27.6. The van der Waals surface area contributed by atoms with Crippen molar-refractivity contribution in [3.63, 3.8) is 0 Å². The van der Waals surface area contributed by atoms with Crippen LogP contribution in [0.2, 0.25) is 10.0 Å². The second kappa shape index (κ2) is 5.82. The molecule has 0 saturated heterocycles. The van der Waals surface area contributed by atoms with Gasteiger partial charge in [-0.15, -0.1) is 0 Å². The van der Waals surface area contributed by atoms with E-state index >= 15 is 0 Å². The first kappa shape index (κ1) is 13.5. The van der Waals surface area contributed by atoms with Gasteiger partial charge in [-0.1, -0.05) is 30.1 Å². The molecule has 3 atom stereocenters. The van der Waals surface area contributed by atoms with E-state index in [1.807, 2.05) is 0 Å². The Hall–Kier alpha value is -0.910. The zero-order valence-corrected chi connectivity index (χ0v) is 11.7. The van der Waals surface area contributed by atoms with Gasteiger partial charge in [-0.3, -0.25) is 0 Å². The standard InChI is InChI=1S/C14H15Cl2NO/c1-9-2-3-10(8-17)14(6-9)18-11-4-5-12(15)13(16)7-11/h4-5,7,9-10,14H,2-3,6H2,1H3. The molecule has 0 amide bonds. The van der Waals surface area contributed by atoms with Crippen molar-refractivity contribution in [3.05, 3.63) is 28.2 Å². The summed E-state index contributed by atoms with van der Waals surface area (Å²) in [5.74, 6) is 1.25. The molecule has 3 unspecified atom stereocenters. The highest BCUT2D eigenvalue weighted by atomic mass is 35.5. The number of benzene rings is 1. The quantitative estimate of drug-likeness (QED) is 0.788. The Morgan fingerprint density at radius 2 is 2.06 bits per heavy atom. The average molecular weight is 284 g/mol. The minimum absolute atomic E-state index is 0.0318. The second-order valence-corrected chi connectivity index (χ2v) is 5.70. The average Bonchev–Trinajstić information content (AvgIpc) is 2.34. The maximum atomic E-state index is 9.15. The number of halogens is 2. The Kier molecular flexibility index (Phi) is 4.37. The molecule has 96 valence electrons. The van der Waals surface area contributed by atoms with Crippen LogP contribution in [-0.2, 0) is 0 Å². The minimum Gasteiger partial charge on any atom is -0.489 e. The van der Waals surface area contributed by atoms with Crippen LogP contribution in [0.25, 0.3) is 0 Å². The van der Waals surface area contributed by atoms with Crippen LogP contribution in [0.5, 0.6) is 5.75 Å². The molecule has 1 aromatic carbocycles. The van der Waals surface area contributed by atoms with Crippen molar-refractivity contribution in [2.24, 2.45) is 11.8 Å². The number of nitriles is 1. The van der Waals surface area contributed by atoms with Crippen molar-refractivity contribution in [3.8, 4) is 11.8 Å². The predicted molar refractivity (Wildman–Crippen MR) is 73.0 cm³/mol. The molecule has 0 aliphatic heterocycles. The lowest BCUT2D eigenvalue weighted by atomic mass is 9.81. The molecule has 0 spiro atoms. The van der Waals surface area contributed by atoms with Gasteiger partial charge in [-0.25, -0.2) is 0 Å². The third kappa shape index (κ3) is 3.10. The van der Waals surface area contributed by atoms with E-state index in [2.05, 4.69) is 13.0 Å². The first-order valence-corrected chi connectivity index (χ1v) is 6.87. The van der Waals surface area contributed by atoms with E-state index in [0.717, 1.165) is 19.3 Å². The predicted octanol–water partition coefficient (Wildman–Crippen LogP) is 4.70. The third-order valence-electron chi connectivity index (χ3n) is 3.40. The van der Waals surface area contributed by atoms with Crippen LogP contribution in [0.15, 0.2) is 18.2 Å². The van der Waals surface area contributed by atoms with Crippen molar-refractivity contribution >= 4 is 23.2 Å². The zero-order valence-electron chi connectivity index (χ0n) is 10.2. The van der Waals surface area contributed by atoms with E-state index in [1.54, 1.807) is 18.2 Å². The SMILES string of the molecule is CC1CCC(C#N)C(Oc2ccc(Cl)c(Cl)c2)C1. The zero-order chi connectivity index (χ0) is 13.1. The van der Waals surface area contributed by atoms with Crippen LogP contribution >= 0.6 is 23.2 Å². The van der Waals surface area contributed by atoms with E-state index in [4.69, 9.17) is 33.2 Å². The van der Waals surface area contributed by atoms with Crippen molar-refractivity contribution in [2.75, 3.05) is 0 Å². The Morgan fingerprint density at radius 1 is 1.28 bits per heavy atom. The fraction of sp³-hybridized carbons (Fsp3) is 0.500. The summed E-state index contributed by atoms with van der Waals surface area (Å²) in [6.45, 7) is 2.19. The Bertz CT molecular complexity index is 469. The summed E-state index contributed by atoms with van der Waals surface area (Å²) in [4.78, 5) is 0.